The number of carbonyl (C=O) groups excluding carboxylic acids is 1. The van der Waals surface area contributed by atoms with Crippen molar-refractivity contribution in [3.05, 3.63) is 42.3 Å². The third kappa shape index (κ3) is 4.22. The molecule has 0 radical (unpaired) electrons. The van der Waals surface area contributed by atoms with E-state index in [2.05, 4.69) is 10.3 Å². The average molecular weight is 331 g/mol. The molecule has 0 saturated carbocycles. The van der Waals surface area contributed by atoms with E-state index in [4.69, 9.17) is 0 Å². The Morgan fingerprint density at radius 2 is 2.08 bits per heavy atom. The van der Waals surface area contributed by atoms with E-state index >= 15 is 0 Å². The number of hydrogen-bond acceptors (Lipinski definition) is 4. The maximum absolute atomic E-state index is 13.3. The van der Waals surface area contributed by atoms with Crippen molar-refractivity contribution < 1.29 is 14.3 Å². The molecule has 1 amide bonds. The second kappa shape index (κ2) is 7.77. The van der Waals surface area contributed by atoms with Crippen LogP contribution in [0.5, 0.6) is 5.75 Å². The summed E-state index contributed by atoms with van der Waals surface area (Å²) in [4.78, 5) is 18.0. The summed E-state index contributed by atoms with van der Waals surface area (Å²) in [5.74, 6) is -0.281. The van der Waals surface area contributed by atoms with E-state index in [1.807, 2.05) is 20.8 Å². The van der Waals surface area contributed by atoms with Crippen LogP contribution in [0.25, 0.3) is 11.1 Å². The molecule has 2 rings (SSSR count). The van der Waals surface area contributed by atoms with Gasteiger partial charge in [-0.15, -0.1) is 0 Å². The van der Waals surface area contributed by atoms with Gasteiger partial charge in [0.2, 0.25) is 5.91 Å². The molecule has 0 saturated heterocycles. The fourth-order valence-electron chi connectivity index (χ4n) is 2.51. The molecule has 0 atom stereocenters. The molecule has 1 heterocycles. The number of pyridine rings is 1. The van der Waals surface area contributed by atoms with E-state index in [9.17, 15) is 14.3 Å². The maximum atomic E-state index is 13.3. The van der Waals surface area contributed by atoms with E-state index in [1.54, 1.807) is 17.0 Å². The second-order valence-electron chi connectivity index (χ2n) is 5.73. The SMILES string of the molecule is CCN(C(=O)CNc1ncc(-c2cccc(F)c2)cc1O)C(C)C. The monoisotopic (exact) mass is 331 g/mol. The highest BCUT2D eigenvalue weighted by Gasteiger charge is 2.15. The van der Waals surface area contributed by atoms with Crippen LogP contribution >= 0.6 is 0 Å². The van der Waals surface area contributed by atoms with Crippen LogP contribution in [0.4, 0.5) is 10.2 Å². The van der Waals surface area contributed by atoms with Gasteiger partial charge >= 0.3 is 0 Å². The number of carbonyl (C=O) groups is 1. The molecule has 0 aliphatic carbocycles. The van der Waals surface area contributed by atoms with Crippen molar-refractivity contribution in [1.29, 1.82) is 0 Å². The Morgan fingerprint density at radius 1 is 1.33 bits per heavy atom. The molecule has 0 aliphatic rings. The Kier molecular flexibility index (Phi) is 5.73. The van der Waals surface area contributed by atoms with E-state index in [0.29, 0.717) is 17.7 Å². The lowest BCUT2D eigenvalue weighted by Gasteiger charge is -2.25. The van der Waals surface area contributed by atoms with Crippen LogP contribution in [0.2, 0.25) is 0 Å². The lowest BCUT2D eigenvalue weighted by atomic mass is 10.1. The van der Waals surface area contributed by atoms with Crippen LogP contribution in [0.3, 0.4) is 0 Å². The zero-order chi connectivity index (χ0) is 17.7. The van der Waals surface area contributed by atoms with Crippen LogP contribution in [0, 0.1) is 5.82 Å². The van der Waals surface area contributed by atoms with Crippen LogP contribution in [-0.4, -0.2) is 40.0 Å². The van der Waals surface area contributed by atoms with Gasteiger partial charge in [-0.25, -0.2) is 9.37 Å². The van der Waals surface area contributed by atoms with Crippen LogP contribution < -0.4 is 5.32 Å². The third-order valence-electron chi connectivity index (χ3n) is 3.72. The summed E-state index contributed by atoms with van der Waals surface area (Å²) < 4.78 is 13.3. The summed E-state index contributed by atoms with van der Waals surface area (Å²) in [7, 11) is 0. The lowest BCUT2D eigenvalue weighted by molar-refractivity contribution is -0.130. The summed E-state index contributed by atoms with van der Waals surface area (Å²) in [6.07, 6.45) is 1.53. The van der Waals surface area contributed by atoms with Gasteiger partial charge in [0, 0.05) is 24.3 Å². The highest BCUT2D eigenvalue weighted by molar-refractivity contribution is 5.81. The van der Waals surface area contributed by atoms with Crippen molar-refractivity contribution in [2.24, 2.45) is 0 Å². The minimum Gasteiger partial charge on any atom is -0.504 e. The number of likely N-dealkylation sites (N-methyl/N-ethyl adjacent to an activating group) is 1. The summed E-state index contributed by atoms with van der Waals surface area (Å²) >= 11 is 0. The van der Waals surface area contributed by atoms with Crippen molar-refractivity contribution in [3.63, 3.8) is 0 Å². The number of nitrogens with zero attached hydrogens (tertiary/aromatic N) is 2. The summed E-state index contributed by atoms with van der Waals surface area (Å²) in [6.45, 7) is 6.49. The molecule has 5 nitrogen and oxygen atoms in total. The first-order valence-corrected chi connectivity index (χ1v) is 7.90. The second-order valence-corrected chi connectivity index (χ2v) is 5.73. The van der Waals surface area contributed by atoms with Crippen LogP contribution in [-0.2, 0) is 4.79 Å². The first-order chi connectivity index (χ1) is 11.4. The number of aromatic hydroxyl groups is 1. The number of benzene rings is 1. The molecule has 0 unspecified atom stereocenters. The minimum atomic E-state index is -0.354. The predicted octanol–water partition coefficient (Wildman–Crippen LogP) is 3.26. The fraction of sp³-hybridized carbons (Fsp3) is 0.333. The number of nitrogens with one attached hydrogen (secondary N) is 1. The number of rotatable bonds is 6. The molecule has 128 valence electrons. The molecule has 1 aromatic carbocycles. The van der Waals surface area contributed by atoms with Crippen molar-refractivity contribution >= 4 is 11.7 Å². The molecule has 0 aliphatic heterocycles. The molecule has 1 aromatic heterocycles. The molecule has 2 aromatic rings. The Labute approximate surface area is 141 Å². The van der Waals surface area contributed by atoms with Crippen LogP contribution in [0.15, 0.2) is 36.5 Å². The van der Waals surface area contributed by atoms with Crippen molar-refractivity contribution in [2.45, 2.75) is 26.8 Å². The Morgan fingerprint density at radius 3 is 2.67 bits per heavy atom. The smallest absolute Gasteiger partial charge is 0.242 e. The first-order valence-electron chi connectivity index (χ1n) is 7.90. The Balaban J connectivity index is 2.09. The molecule has 2 N–H and O–H groups in total. The van der Waals surface area contributed by atoms with Crippen LogP contribution in [0.1, 0.15) is 20.8 Å². The van der Waals surface area contributed by atoms with Crippen molar-refractivity contribution in [1.82, 2.24) is 9.88 Å². The highest BCUT2D eigenvalue weighted by atomic mass is 19.1. The molecule has 6 heteroatoms. The molecule has 24 heavy (non-hydrogen) atoms. The van der Waals surface area contributed by atoms with E-state index < -0.39 is 0 Å². The number of aromatic nitrogens is 1. The first kappa shape index (κ1) is 17.7. The van der Waals surface area contributed by atoms with Gasteiger partial charge in [-0.2, -0.15) is 0 Å². The highest BCUT2D eigenvalue weighted by Crippen LogP contribution is 2.27. The van der Waals surface area contributed by atoms with Gasteiger partial charge in [0.1, 0.15) is 5.82 Å². The number of hydrogen-bond donors (Lipinski definition) is 2. The van der Waals surface area contributed by atoms with Gasteiger partial charge in [0.25, 0.3) is 0 Å². The molecular weight excluding hydrogens is 309 g/mol. The van der Waals surface area contributed by atoms with E-state index in [1.165, 1.54) is 24.4 Å². The van der Waals surface area contributed by atoms with Crippen molar-refractivity contribution in [3.8, 4) is 16.9 Å². The zero-order valence-corrected chi connectivity index (χ0v) is 14.1. The maximum Gasteiger partial charge on any atom is 0.242 e. The summed E-state index contributed by atoms with van der Waals surface area (Å²) in [6, 6.07) is 7.66. The van der Waals surface area contributed by atoms with E-state index in [-0.39, 0.29) is 35.9 Å². The number of anilines is 1. The van der Waals surface area contributed by atoms with Gasteiger partial charge in [-0.3, -0.25) is 4.79 Å². The molecule has 0 fully saturated rings. The van der Waals surface area contributed by atoms with Crippen molar-refractivity contribution in [2.75, 3.05) is 18.4 Å². The lowest BCUT2D eigenvalue weighted by Crippen LogP contribution is -2.40. The van der Waals surface area contributed by atoms with Gasteiger partial charge in [-0.1, -0.05) is 12.1 Å². The molecule has 0 bridgehead atoms. The standard InChI is InChI=1S/C18H22FN3O2/c1-4-22(12(2)3)17(24)11-21-18-16(23)9-14(10-20-18)13-6-5-7-15(19)8-13/h5-10,12,23H,4,11H2,1-3H3,(H,20,21). The van der Waals surface area contributed by atoms with E-state index in [0.717, 1.165) is 0 Å². The van der Waals surface area contributed by atoms with Gasteiger partial charge in [0.15, 0.2) is 11.6 Å². The minimum absolute atomic E-state index is 0.0475. The molecule has 0 spiro atoms. The predicted molar refractivity (Wildman–Crippen MR) is 92.3 cm³/mol. The topological polar surface area (TPSA) is 65.5 Å². The third-order valence-corrected chi connectivity index (χ3v) is 3.72. The van der Waals surface area contributed by atoms with Gasteiger partial charge in [0.05, 0.1) is 6.54 Å². The van der Waals surface area contributed by atoms with Gasteiger partial charge in [-0.05, 0) is 44.5 Å². The quantitative estimate of drug-likeness (QED) is 0.853. The Hall–Kier alpha value is -2.63. The number of halogens is 1. The fourth-order valence-corrected chi connectivity index (χ4v) is 2.51. The summed E-state index contributed by atoms with van der Waals surface area (Å²) in [5.41, 5.74) is 1.22. The number of amides is 1. The molecular formula is C18H22FN3O2. The largest absolute Gasteiger partial charge is 0.504 e. The Bertz CT molecular complexity index is 719. The zero-order valence-electron chi connectivity index (χ0n) is 14.1. The normalized spacial score (nSPS) is 10.7. The van der Waals surface area contributed by atoms with Gasteiger partial charge < -0.3 is 15.3 Å². The summed E-state index contributed by atoms with van der Waals surface area (Å²) in [5, 5.41) is 12.9. The average Bonchev–Trinajstić information content (AvgIpc) is 2.54.